The lowest BCUT2D eigenvalue weighted by Gasteiger charge is -2.31. The van der Waals surface area contributed by atoms with Crippen molar-refractivity contribution in [1.29, 1.82) is 0 Å². The summed E-state index contributed by atoms with van der Waals surface area (Å²) in [6.45, 7) is 3.24. The van der Waals surface area contributed by atoms with Gasteiger partial charge in [0.15, 0.2) is 0 Å². The molecule has 0 spiro atoms. The largest absolute Gasteiger partial charge is 0.393 e. The first-order valence-corrected chi connectivity index (χ1v) is 6.40. The quantitative estimate of drug-likeness (QED) is 0.534. The van der Waals surface area contributed by atoms with Gasteiger partial charge in [0, 0.05) is 13.1 Å². The molecule has 3 N–H and O–H groups in total. The van der Waals surface area contributed by atoms with E-state index in [0.29, 0.717) is 30.6 Å². The number of aromatic nitrogens is 1. The number of hydrogen-bond acceptors (Lipinski definition) is 6. The van der Waals surface area contributed by atoms with Crippen molar-refractivity contribution >= 4 is 17.3 Å². The Morgan fingerprint density at radius 2 is 2.05 bits per heavy atom. The highest BCUT2D eigenvalue weighted by atomic mass is 16.6. The second kappa shape index (κ2) is 5.83. The molecule has 104 valence electrons. The molecule has 7 heteroatoms. The van der Waals surface area contributed by atoms with E-state index in [1.807, 2.05) is 6.92 Å². The molecule has 0 aromatic carbocycles. The molecule has 0 aliphatic heterocycles. The first-order valence-electron chi connectivity index (χ1n) is 6.40. The van der Waals surface area contributed by atoms with Crippen LogP contribution < -0.4 is 10.6 Å². The Hall–Kier alpha value is -1.89. The fourth-order valence-electron chi connectivity index (χ4n) is 2.10. The lowest BCUT2D eigenvalue weighted by molar-refractivity contribution is -0.384. The summed E-state index contributed by atoms with van der Waals surface area (Å²) in [5, 5.41) is 26.1. The predicted octanol–water partition coefficient (Wildman–Crippen LogP) is 1.60. The molecule has 1 aliphatic carbocycles. The predicted molar refractivity (Wildman–Crippen MR) is 72.3 cm³/mol. The highest BCUT2D eigenvalue weighted by molar-refractivity contribution is 5.54. The van der Waals surface area contributed by atoms with E-state index in [4.69, 9.17) is 0 Å². The van der Waals surface area contributed by atoms with Crippen LogP contribution in [-0.2, 0) is 0 Å². The molecular formula is C12H18N4O3. The van der Waals surface area contributed by atoms with Gasteiger partial charge in [0.25, 0.3) is 5.69 Å². The van der Waals surface area contributed by atoms with E-state index in [9.17, 15) is 15.2 Å². The van der Waals surface area contributed by atoms with E-state index in [1.165, 1.54) is 12.1 Å². The van der Waals surface area contributed by atoms with E-state index in [2.05, 4.69) is 15.6 Å². The zero-order valence-corrected chi connectivity index (χ0v) is 10.8. The molecule has 0 unspecified atom stereocenters. The summed E-state index contributed by atoms with van der Waals surface area (Å²) in [4.78, 5) is 14.7. The number of nitrogens with zero attached hydrogens (tertiary/aromatic N) is 2. The molecule has 0 radical (unpaired) electrons. The average Bonchev–Trinajstić information content (AvgIpc) is 2.33. The second-order valence-electron chi connectivity index (χ2n) is 4.76. The monoisotopic (exact) mass is 266 g/mol. The molecule has 0 atom stereocenters. The Balaban J connectivity index is 2.03. The number of aliphatic hydroxyl groups is 1. The van der Waals surface area contributed by atoms with E-state index < -0.39 is 4.92 Å². The van der Waals surface area contributed by atoms with Crippen LogP contribution in [-0.4, -0.2) is 34.2 Å². The zero-order valence-electron chi connectivity index (χ0n) is 10.8. The summed E-state index contributed by atoms with van der Waals surface area (Å²) in [6, 6.07) is 2.84. The van der Waals surface area contributed by atoms with Gasteiger partial charge >= 0.3 is 0 Å². The fraction of sp³-hybridized carbons (Fsp3) is 0.583. The van der Waals surface area contributed by atoms with Gasteiger partial charge in [-0.05, 0) is 25.7 Å². The molecule has 1 heterocycles. The SMILES string of the molecule is CCNc1cc([N+](=O)[O-])cc(NCC2CC(O)C2)n1. The van der Waals surface area contributed by atoms with Crippen LogP contribution in [0.4, 0.5) is 17.3 Å². The summed E-state index contributed by atoms with van der Waals surface area (Å²) in [5.74, 6) is 1.40. The van der Waals surface area contributed by atoms with Gasteiger partial charge in [0.2, 0.25) is 0 Å². The fourth-order valence-corrected chi connectivity index (χ4v) is 2.10. The summed E-state index contributed by atoms with van der Waals surface area (Å²) >= 11 is 0. The molecular weight excluding hydrogens is 248 g/mol. The Kier molecular flexibility index (Phi) is 4.16. The Morgan fingerprint density at radius 1 is 1.42 bits per heavy atom. The van der Waals surface area contributed by atoms with Crippen LogP contribution in [0.15, 0.2) is 12.1 Å². The first-order chi connectivity index (χ1) is 9.08. The van der Waals surface area contributed by atoms with Gasteiger partial charge in [0.05, 0.1) is 23.2 Å². The molecule has 1 aromatic rings. The maximum absolute atomic E-state index is 10.8. The highest BCUT2D eigenvalue weighted by Gasteiger charge is 2.26. The van der Waals surface area contributed by atoms with Crippen molar-refractivity contribution in [2.24, 2.45) is 5.92 Å². The van der Waals surface area contributed by atoms with Crippen molar-refractivity contribution < 1.29 is 10.0 Å². The first kappa shape index (κ1) is 13.5. The van der Waals surface area contributed by atoms with Crippen LogP contribution in [0.3, 0.4) is 0 Å². The van der Waals surface area contributed by atoms with Gasteiger partial charge in [-0.25, -0.2) is 4.98 Å². The maximum atomic E-state index is 10.8. The van der Waals surface area contributed by atoms with Gasteiger partial charge in [0.1, 0.15) is 11.6 Å². The number of anilines is 2. The molecule has 1 saturated carbocycles. The zero-order chi connectivity index (χ0) is 13.8. The minimum atomic E-state index is -0.430. The molecule has 0 saturated heterocycles. The molecule has 1 aliphatic rings. The van der Waals surface area contributed by atoms with Crippen LogP contribution >= 0.6 is 0 Å². The standard InChI is InChI=1S/C12H18N4O3/c1-2-13-11-5-9(16(18)19)6-12(15-11)14-7-8-3-10(17)4-8/h5-6,8,10,17H,2-4,7H2,1H3,(H2,13,14,15). The van der Waals surface area contributed by atoms with Gasteiger partial charge in [-0.15, -0.1) is 0 Å². The van der Waals surface area contributed by atoms with E-state index in [1.54, 1.807) is 0 Å². The number of pyridine rings is 1. The van der Waals surface area contributed by atoms with Crippen LogP contribution in [0.1, 0.15) is 19.8 Å². The number of rotatable bonds is 6. The minimum Gasteiger partial charge on any atom is -0.393 e. The Morgan fingerprint density at radius 3 is 2.58 bits per heavy atom. The summed E-state index contributed by atoms with van der Waals surface area (Å²) in [7, 11) is 0. The third kappa shape index (κ3) is 3.54. The van der Waals surface area contributed by atoms with Crippen LogP contribution in [0.5, 0.6) is 0 Å². The lowest BCUT2D eigenvalue weighted by atomic mass is 9.82. The smallest absolute Gasteiger partial charge is 0.276 e. The van der Waals surface area contributed by atoms with Crippen molar-refractivity contribution in [2.75, 3.05) is 23.7 Å². The Bertz CT molecular complexity index is 460. The van der Waals surface area contributed by atoms with Crippen molar-refractivity contribution in [3.63, 3.8) is 0 Å². The Labute approximate surface area is 111 Å². The summed E-state index contributed by atoms with van der Waals surface area (Å²) in [6.07, 6.45) is 1.37. The number of hydrogen-bond donors (Lipinski definition) is 3. The average molecular weight is 266 g/mol. The molecule has 0 bridgehead atoms. The molecule has 7 nitrogen and oxygen atoms in total. The van der Waals surface area contributed by atoms with Crippen molar-refractivity contribution in [3.05, 3.63) is 22.2 Å². The number of nitro groups is 1. The minimum absolute atomic E-state index is 0.0158. The van der Waals surface area contributed by atoms with Crippen molar-refractivity contribution in [1.82, 2.24) is 4.98 Å². The van der Waals surface area contributed by atoms with E-state index in [0.717, 1.165) is 12.8 Å². The summed E-state index contributed by atoms with van der Waals surface area (Å²) in [5.41, 5.74) is 0.0158. The van der Waals surface area contributed by atoms with Crippen LogP contribution in [0.25, 0.3) is 0 Å². The summed E-state index contributed by atoms with van der Waals surface area (Å²) < 4.78 is 0. The number of aliphatic hydroxyl groups excluding tert-OH is 1. The lowest BCUT2D eigenvalue weighted by Crippen LogP contribution is -2.33. The normalized spacial score (nSPS) is 21.6. The van der Waals surface area contributed by atoms with Gasteiger partial charge < -0.3 is 15.7 Å². The molecule has 2 rings (SSSR count). The van der Waals surface area contributed by atoms with Crippen molar-refractivity contribution in [2.45, 2.75) is 25.9 Å². The molecule has 1 fully saturated rings. The molecule has 0 amide bonds. The van der Waals surface area contributed by atoms with Crippen LogP contribution in [0.2, 0.25) is 0 Å². The topological polar surface area (TPSA) is 100 Å². The van der Waals surface area contributed by atoms with Crippen LogP contribution in [0, 0.1) is 16.0 Å². The third-order valence-electron chi connectivity index (χ3n) is 3.16. The van der Waals surface area contributed by atoms with E-state index in [-0.39, 0.29) is 11.8 Å². The second-order valence-corrected chi connectivity index (χ2v) is 4.76. The van der Waals surface area contributed by atoms with Gasteiger partial charge in [-0.1, -0.05) is 0 Å². The molecule has 19 heavy (non-hydrogen) atoms. The number of nitrogens with one attached hydrogen (secondary N) is 2. The van der Waals surface area contributed by atoms with Crippen molar-refractivity contribution in [3.8, 4) is 0 Å². The maximum Gasteiger partial charge on any atom is 0.276 e. The van der Waals surface area contributed by atoms with Gasteiger partial charge in [-0.2, -0.15) is 0 Å². The van der Waals surface area contributed by atoms with E-state index >= 15 is 0 Å². The van der Waals surface area contributed by atoms with Gasteiger partial charge in [-0.3, -0.25) is 10.1 Å². The molecule has 1 aromatic heterocycles. The highest BCUT2D eigenvalue weighted by Crippen LogP contribution is 2.28. The third-order valence-corrected chi connectivity index (χ3v) is 3.16.